The lowest BCUT2D eigenvalue weighted by atomic mass is 9.68. The molecule has 1 N–H and O–H groups in total. The molecule has 34 heavy (non-hydrogen) atoms. The summed E-state index contributed by atoms with van der Waals surface area (Å²) in [7, 11) is 0. The molecule has 172 valence electrons. The van der Waals surface area contributed by atoms with E-state index in [1.54, 1.807) is 11.8 Å². The van der Waals surface area contributed by atoms with Gasteiger partial charge in [0.15, 0.2) is 0 Å². The molecule has 2 saturated carbocycles. The molecule has 2 bridgehead atoms. The molecule has 2 amide bonds. The van der Waals surface area contributed by atoms with Gasteiger partial charge in [0.1, 0.15) is 5.82 Å². The van der Waals surface area contributed by atoms with Crippen LogP contribution in [0, 0.1) is 42.3 Å². The Kier molecular flexibility index (Phi) is 4.34. The van der Waals surface area contributed by atoms with Crippen LogP contribution in [0.25, 0.3) is 0 Å². The van der Waals surface area contributed by atoms with Gasteiger partial charge in [0.05, 0.1) is 22.5 Å². The minimum atomic E-state index is -0.397. The summed E-state index contributed by atoms with van der Waals surface area (Å²) >= 11 is 2.96. The molecule has 2 aliphatic carbocycles. The van der Waals surface area contributed by atoms with Gasteiger partial charge in [-0.15, -0.1) is 11.8 Å². The minimum absolute atomic E-state index is 0.0320. The van der Waals surface area contributed by atoms with Crippen molar-refractivity contribution < 1.29 is 14.0 Å². The van der Waals surface area contributed by atoms with Crippen LogP contribution in [0.15, 0.2) is 58.4 Å². The minimum Gasteiger partial charge on any atom is -0.307 e. The standard InChI is InChI=1S/C26H21FN2O3S2/c1-11-2-4-12(5-3-11)17-18-15-10-16(21(18)33-23-22(17)34-26(32)28-23)20-19(15)24(30)29(25(20)31)14-8-6-13(27)7-9-14/h2-9,15-21H,10H2,1H3,(H,28,32). The number of H-pyrrole nitrogens is 1. The smallest absolute Gasteiger partial charge is 0.305 e. The second kappa shape index (κ2) is 7.15. The molecule has 3 aromatic rings. The van der Waals surface area contributed by atoms with Crippen LogP contribution in [0.3, 0.4) is 0 Å². The van der Waals surface area contributed by atoms with Crippen LogP contribution in [-0.2, 0) is 9.59 Å². The third-order valence-electron chi connectivity index (χ3n) is 8.25. The van der Waals surface area contributed by atoms with Crippen LogP contribution in [-0.4, -0.2) is 22.0 Å². The van der Waals surface area contributed by atoms with E-state index in [0.717, 1.165) is 21.9 Å². The quantitative estimate of drug-likeness (QED) is 0.533. The van der Waals surface area contributed by atoms with E-state index >= 15 is 0 Å². The third kappa shape index (κ3) is 2.69. The summed E-state index contributed by atoms with van der Waals surface area (Å²) in [4.78, 5) is 44.8. The highest BCUT2D eigenvalue weighted by molar-refractivity contribution is 8.00. The molecule has 2 aromatic carbocycles. The zero-order chi connectivity index (χ0) is 23.3. The maximum Gasteiger partial charge on any atom is 0.305 e. The van der Waals surface area contributed by atoms with Crippen molar-refractivity contribution in [1.82, 2.24) is 4.98 Å². The van der Waals surface area contributed by atoms with E-state index in [2.05, 4.69) is 36.2 Å². The molecular weight excluding hydrogens is 471 g/mol. The Morgan fingerprint density at radius 2 is 1.62 bits per heavy atom. The Bertz CT molecular complexity index is 1400. The monoisotopic (exact) mass is 492 g/mol. The number of halogens is 1. The Balaban J connectivity index is 1.32. The molecule has 4 aliphatic rings. The highest BCUT2D eigenvalue weighted by atomic mass is 32.2. The lowest BCUT2D eigenvalue weighted by Crippen LogP contribution is -2.42. The van der Waals surface area contributed by atoms with Gasteiger partial charge in [0, 0.05) is 16.0 Å². The number of amides is 2. The fourth-order valence-electron chi connectivity index (χ4n) is 7.01. The molecule has 7 atom stereocenters. The number of benzene rings is 2. The van der Waals surface area contributed by atoms with E-state index in [4.69, 9.17) is 0 Å². The molecule has 7 rings (SSSR count). The number of fused-ring (bicyclic) bond motifs is 9. The van der Waals surface area contributed by atoms with Crippen LogP contribution in [0.4, 0.5) is 10.1 Å². The van der Waals surface area contributed by atoms with Gasteiger partial charge >= 0.3 is 4.87 Å². The topological polar surface area (TPSA) is 70.2 Å². The fourth-order valence-corrected chi connectivity index (χ4v) is 9.90. The van der Waals surface area contributed by atoms with E-state index in [1.165, 1.54) is 46.1 Å². The molecular formula is C26H21FN2O3S2. The first-order valence-corrected chi connectivity index (χ1v) is 13.2. The molecule has 1 aromatic heterocycles. The summed E-state index contributed by atoms with van der Waals surface area (Å²) in [5.41, 5.74) is 2.78. The first-order valence-electron chi connectivity index (χ1n) is 11.5. The average Bonchev–Trinajstić information content (AvgIpc) is 3.54. The van der Waals surface area contributed by atoms with Gasteiger partial charge < -0.3 is 4.98 Å². The largest absolute Gasteiger partial charge is 0.307 e. The number of thiazole rings is 1. The Labute approximate surface area is 203 Å². The molecule has 8 heteroatoms. The summed E-state index contributed by atoms with van der Waals surface area (Å²) < 4.78 is 13.5. The van der Waals surface area contributed by atoms with Gasteiger partial charge in [-0.3, -0.25) is 19.3 Å². The number of rotatable bonds is 2. The molecule has 0 radical (unpaired) electrons. The zero-order valence-electron chi connectivity index (χ0n) is 18.2. The van der Waals surface area contributed by atoms with Gasteiger partial charge in [0.25, 0.3) is 0 Å². The summed E-state index contributed by atoms with van der Waals surface area (Å²) in [5, 5.41) is 1.08. The summed E-state index contributed by atoms with van der Waals surface area (Å²) in [6.45, 7) is 2.05. The Morgan fingerprint density at radius 3 is 2.32 bits per heavy atom. The lowest BCUT2D eigenvalue weighted by molar-refractivity contribution is -0.123. The number of carbonyl (C=O) groups excluding carboxylic acids is 2. The van der Waals surface area contributed by atoms with Gasteiger partial charge in [-0.1, -0.05) is 41.2 Å². The normalized spacial score (nSPS) is 33.2. The first-order chi connectivity index (χ1) is 16.4. The van der Waals surface area contributed by atoms with Crippen molar-refractivity contribution in [2.24, 2.45) is 29.6 Å². The number of imide groups is 1. The van der Waals surface area contributed by atoms with Crippen molar-refractivity contribution in [2.75, 3.05) is 4.90 Å². The lowest BCUT2D eigenvalue weighted by Gasteiger charge is -2.43. The predicted molar refractivity (Wildman–Crippen MR) is 129 cm³/mol. The number of anilines is 1. The van der Waals surface area contributed by atoms with E-state index in [9.17, 15) is 18.8 Å². The number of nitrogens with zero attached hydrogens (tertiary/aromatic N) is 1. The second-order valence-electron chi connectivity index (χ2n) is 9.86. The fraction of sp³-hybridized carbons (Fsp3) is 0.346. The molecule has 3 fully saturated rings. The predicted octanol–water partition coefficient (Wildman–Crippen LogP) is 4.56. The van der Waals surface area contributed by atoms with Crippen molar-refractivity contribution in [3.63, 3.8) is 0 Å². The number of carbonyl (C=O) groups is 2. The number of thioether (sulfide) groups is 1. The first kappa shape index (κ1) is 20.6. The van der Waals surface area contributed by atoms with E-state index in [0.29, 0.717) is 5.69 Å². The van der Waals surface area contributed by atoms with E-state index < -0.39 is 5.82 Å². The molecule has 0 spiro atoms. The highest BCUT2D eigenvalue weighted by Gasteiger charge is 2.69. The van der Waals surface area contributed by atoms with Crippen LogP contribution in [0.1, 0.15) is 28.3 Å². The number of aromatic nitrogens is 1. The van der Waals surface area contributed by atoms with Crippen molar-refractivity contribution in [3.8, 4) is 0 Å². The van der Waals surface area contributed by atoms with E-state index in [-0.39, 0.29) is 57.4 Å². The Hall–Kier alpha value is -2.71. The van der Waals surface area contributed by atoms with Crippen LogP contribution in [0.5, 0.6) is 0 Å². The maximum atomic E-state index is 13.6. The second-order valence-corrected chi connectivity index (χ2v) is 12.1. The van der Waals surface area contributed by atoms with Crippen molar-refractivity contribution >= 4 is 40.6 Å². The number of hydrogen-bond acceptors (Lipinski definition) is 5. The molecule has 3 heterocycles. The van der Waals surface area contributed by atoms with Crippen molar-refractivity contribution in [3.05, 3.63) is 80.0 Å². The van der Waals surface area contributed by atoms with E-state index in [1.807, 2.05) is 0 Å². The van der Waals surface area contributed by atoms with Crippen molar-refractivity contribution in [1.29, 1.82) is 0 Å². The number of nitrogens with one attached hydrogen (secondary N) is 1. The molecule has 7 unspecified atom stereocenters. The van der Waals surface area contributed by atoms with Gasteiger partial charge in [-0.2, -0.15) is 0 Å². The molecule has 2 aliphatic heterocycles. The Morgan fingerprint density at radius 1 is 0.941 bits per heavy atom. The van der Waals surface area contributed by atoms with Crippen LogP contribution >= 0.6 is 23.1 Å². The summed E-state index contributed by atoms with van der Waals surface area (Å²) in [6.07, 6.45) is 0.855. The van der Waals surface area contributed by atoms with Gasteiger partial charge in [-0.05, 0) is 60.9 Å². The highest BCUT2D eigenvalue weighted by Crippen LogP contribution is 2.68. The number of hydrogen-bond donors (Lipinski definition) is 1. The average molecular weight is 493 g/mol. The SMILES string of the molecule is Cc1ccc(C2c3sc(=O)[nH]c3SC3C4CC(C5C(=O)N(c6ccc(F)cc6)C(=O)C45)C23)cc1. The molecule has 5 nitrogen and oxygen atoms in total. The summed E-state index contributed by atoms with van der Waals surface area (Å²) in [5.74, 6) is -1.05. The number of aromatic amines is 1. The maximum absolute atomic E-state index is 13.6. The van der Waals surface area contributed by atoms with Crippen molar-refractivity contribution in [2.45, 2.75) is 29.5 Å². The summed E-state index contributed by atoms with van der Waals surface area (Å²) in [6, 6.07) is 14.1. The van der Waals surface area contributed by atoms with Crippen LogP contribution in [0.2, 0.25) is 0 Å². The zero-order valence-corrected chi connectivity index (χ0v) is 19.9. The third-order valence-corrected chi connectivity index (χ3v) is 10.8. The molecule has 1 saturated heterocycles. The van der Waals surface area contributed by atoms with Crippen LogP contribution < -0.4 is 9.77 Å². The van der Waals surface area contributed by atoms with Gasteiger partial charge in [-0.25, -0.2) is 4.39 Å². The van der Waals surface area contributed by atoms with Gasteiger partial charge in [0.2, 0.25) is 11.8 Å². The number of aryl methyl sites for hydroxylation is 1.